The second kappa shape index (κ2) is 10.8. The predicted molar refractivity (Wildman–Crippen MR) is 123 cm³/mol. The summed E-state index contributed by atoms with van der Waals surface area (Å²) in [5.41, 5.74) is 1.45. The van der Waals surface area contributed by atoms with Gasteiger partial charge in [0.15, 0.2) is 0 Å². The van der Waals surface area contributed by atoms with Crippen LogP contribution in [0.15, 0.2) is 42.5 Å². The number of para-hydroxylation sites is 1. The fraction of sp³-hybridized carbons (Fsp3) is 0.417. The van der Waals surface area contributed by atoms with Crippen molar-refractivity contribution in [3.63, 3.8) is 0 Å². The van der Waals surface area contributed by atoms with Crippen LogP contribution in [0, 0.1) is 5.82 Å². The summed E-state index contributed by atoms with van der Waals surface area (Å²) in [4.78, 5) is 24.6. The van der Waals surface area contributed by atoms with E-state index in [-0.39, 0.29) is 30.5 Å². The highest BCUT2D eigenvalue weighted by atomic mass is 19.1. The molecule has 1 saturated heterocycles. The highest BCUT2D eigenvalue weighted by Gasteiger charge is 2.46. The zero-order valence-corrected chi connectivity index (χ0v) is 18.8. The van der Waals surface area contributed by atoms with Crippen molar-refractivity contribution in [2.24, 2.45) is 0 Å². The summed E-state index contributed by atoms with van der Waals surface area (Å²) in [6.07, 6.45) is -0.686. The van der Waals surface area contributed by atoms with Gasteiger partial charge in [0.25, 0.3) is 0 Å². The van der Waals surface area contributed by atoms with Crippen LogP contribution in [0.25, 0.3) is 0 Å². The number of urea groups is 1. The lowest BCUT2D eigenvalue weighted by Gasteiger charge is -2.37. The van der Waals surface area contributed by atoms with Crippen molar-refractivity contribution in [1.82, 2.24) is 5.32 Å². The Kier molecular flexibility index (Phi) is 7.61. The molecule has 2 aliphatic heterocycles. The molecule has 9 nitrogen and oxygen atoms in total. The van der Waals surface area contributed by atoms with E-state index in [0.717, 1.165) is 5.56 Å². The van der Waals surface area contributed by atoms with E-state index in [1.165, 1.54) is 12.1 Å². The Bertz CT molecular complexity index is 1040. The number of carbonyl (C=O) groups excluding carboxylic acids is 2. The van der Waals surface area contributed by atoms with Crippen LogP contribution in [0.3, 0.4) is 0 Å². The third-order valence-electron chi connectivity index (χ3n) is 5.92. The number of amides is 3. The quantitative estimate of drug-likeness (QED) is 0.438. The average Bonchev–Trinajstić information content (AvgIpc) is 3.18. The van der Waals surface area contributed by atoms with E-state index >= 15 is 0 Å². The van der Waals surface area contributed by atoms with Crippen LogP contribution in [0.1, 0.15) is 24.3 Å². The van der Waals surface area contributed by atoms with Gasteiger partial charge in [-0.15, -0.1) is 0 Å². The van der Waals surface area contributed by atoms with Gasteiger partial charge in [0.1, 0.15) is 23.8 Å². The Hall–Kier alpha value is -3.21. The molecular weight excluding hydrogens is 445 g/mol. The van der Waals surface area contributed by atoms with Crippen LogP contribution < -0.4 is 20.7 Å². The number of methoxy groups -OCH3 is 1. The molecule has 0 unspecified atom stereocenters. The lowest BCUT2D eigenvalue weighted by Crippen LogP contribution is -2.47. The molecule has 0 aliphatic carbocycles. The first-order valence-electron chi connectivity index (χ1n) is 11.1. The molecular formula is C24H28FN3O6. The summed E-state index contributed by atoms with van der Waals surface area (Å²) in [5, 5.41) is 17.8. The van der Waals surface area contributed by atoms with Gasteiger partial charge in [-0.25, -0.2) is 9.18 Å². The first-order valence-corrected chi connectivity index (χ1v) is 11.1. The molecule has 2 aromatic rings. The largest absolute Gasteiger partial charge is 0.487 e. The maximum atomic E-state index is 13.8. The summed E-state index contributed by atoms with van der Waals surface area (Å²) < 4.78 is 30.7. The van der Waals surface area contributed by atoms with Gasteiger partial charge < -0.3 is 35.3 Å². The monoisotopic (exact) mass is 473 g/mol. The molecule has 3 amide bonds. The molecule has 4 rings (SSSR count). The zero-order chi connectivity index (χ0) is 24.1. The Morgan fingerprint density at radius 1 is 1.21 bits per heavy atom. The topological polar surface area (TPSA) is 118 Å². The number of aliphatic hydroxyl groups is 1. The second-order valence-electron chi connectivity index (χ2n) is 8.26. The van der Waals surface area contributed by atoms with Gasteiger partial charge in [-0.2, -0.15) is 0 Å². The summed E-state index contributed by atoms with van der Waals surface area (Å²) in [7, 11) is 1.56. The summed E-state index contributed by atoms with van der Waals surface area (Å²) in [6.45, 7) is 0.587. The maximum absolute atomic E-state index is 13.8. The van der Waals surface area contributed by atoms with E-state index < -0.39 is 30.2 Å². The van der Waals surface area contributed by atoms with Gasteiger partial charge in [0.05, 0.1) is 31.4 Å². The Morgan fingerprint density at radius 3 is 2.79 bits per heavy atom. The molecule has 0 bridgehead atoms. The van der Waals surface area contributed by atoms with Crippen LogP contribution in [-0.4, -0.2) is 62.2 Å². The zero-order valence-electron chi connectivity index (χ0n) is 18.8. The van der Waals surface area contributed by atoms with Crippen molar-refractivity contribution in [2.45, 2.75) is 37.1 Å². The molecule has 0 spiro atoms. The maximum Gasteiger partial charge on any atom is 0.323 e. The van der Waals surface area contributed by atoms with E-state index in [1.54, 1.807) is 37.4 Å². The van der Waals surface area contributed by atoms with E-state index in [1.807, 2.05) is 0 Å². The molecule has 1 fully saturated rings. The third kappa shape index (κ3) is 5.46. The number of hydrogen-bond acceptors (Lipinski definition) is 6. The van der Waals surface area contributed by atoms with Crippen molar-refractivity contribution in [2.75, 3.05) is 37.5 Å². The van der Waals surface area contributed by atoms with Crippen LogP contribution in [0.5, 0.6) is 5.75 Å². The van der Waals surface area contributed by atoms with Gasteiger partial charge in [-0.3, -0.25) is 4.79 Å². The van der Waals surface area contributed by atoms with Gasteiger partial charge in [0.2, 0.25) is 5.91 Å². The minimum absolute atomic E-state index is 0.0754. The standard InChI is InChI=1S/C24H28FN3O6/c1-32-9-8-26-22(30)12-15-11-17-16-10-14(6-7-20(16)34-23(17)21(13-29)33-15)27-24(31)28-19-5-3-2-4-18(19)25/h2-7,10,15,17,21,23,29H,8-9,11-13H2,1H3,(H,26,30)(H2,27,28,31)/t15-,17+,21-,23-/m1/s1. The number of halogens is 1. The molecule has 34 heavy (non-hydrogen) atoms. The summed E-state index contributed by atoms with van der Waals surface area (Å²) in [6, 6.07) is 10.6. The lowest BCUT2D eigenvalue weighted by atomic mass is 9.84. The molecule has 2 aromatic carbocycles. The molecule has 0 aromatic heterocycles. The van der Waals surface area contributed by atoms with Crippen LogP contribution >= 0.6 is 0 Å². The van der Waals surface area contributed by atoms with E-state index in [0.29, 0.717) is 31.0 Å². The molecule has 2 aliphatic rings. The van der Waals surface area contributed by atoms with Gasteiger partial charge in [0, 0.05) is 30.8 Å². The number of carbonyl (C=O) groups is 2. The molecule has 4 N–H and O–H groups in total. The Balaban J connectivity index is 1.44. The number of fused-ring (bicyclic) bond motifs is 3. The number of hydrogen-bond donors (Lipinski definition) is 4. The van der Waals surface area contributed by atoms with Crippen molar-refractivity contribution in [3.05, 3.63) is 53.8 Å². The summed E-state index contributed by atoms with van der Waals surface area (Å²) >= 11 is 0. The van der Waals surface area contributed by atoms with Crippen molar-refractivity contribution >= 4 is 23.3 Å². The van der Waals surface area contributed by atoms with Gasteiger partial charge in [-0.1, -0.05) is 12.1 Å². The number of benzene rings is 2. The number of aliphatic hydroxyl groups excluding tert-OH is 1. The fourth-order valence-electron chi connectivity index (χ4n) is 4.39. The molecule has 2 heterocycles. The number of ether oxygens (including phenoxy) is 3. The highest BCUT2D eigenvalue weighted by molar-refractivity contribution is 5.99. The second-order valence-corrected chi connectivity index (χ2v) is 8.26. The first kappa shape index (κ1) is 23.9. The third-order valence-corrected chi connectivity index (χ3v) is 5.92. The number of anilines is 2. The van der Waals surface area contributed by atoms with Gasteiger partial charge >= 0.3 is 6.03 Å². The molecule has 182 valence electrons. The number of rotatable bonds is 8. The van der Waals surface area contributed by atoms with E-state index in [4.69, 9.17) is 14.2 Å². The Labute approximate surface area is 196 Å². The van der Waals surface area contributed by atoms with E-state index in [2.05, 4.69) is 16.0 Å². The molecule has 0 saturated carbocycles. The fourth-order valence-corrected chi connectivity index (χ4v) is 4.39. The normalized spacial score (nSPS) is 22.8. The highest BCUT2D eigenvalue weighted by Crippen LogP contribution is 2.47. The minimum Gasteiger partial charge on any atom is -0.487 e. The van der Waals surface area contributed by atoms with Crippen LogP contribution in [0.2, 0.25) is 0 Å². The average molecular weight is 474 g/mol. The van der Waals surface area contributed by atoms with Crippen molar-refractivity contribution in [1.29, 1.82) is 0 Å². The molecule has 4 atom stereocenters. The van der Waals surface area contributed by atoms with Crippen LogP contribution in [0.4, 0.5) is 20.6 Å². The predicted octanol–water partition coefficient (Wildman–Crippen LogP) is 2.62. The molecule has 10 heteroatoms. The van der Waals surface area contributed by atoms with Crippen LogP contribution in [-0.2, 0) is 14.3 Å². The smallest absolute Gasteiger partial charge is 0.323 e. The first-order chi connectivity index (χ1) is 16.5. The van der Waals surface area contributed by atoms with Crippen molar-refractivity contribution in [3.8, 4) is 5.75 Å². The molecule has 0 radical (unpaired) electrons. The SMILES string of the molecule is COCCNC(=O)C[C@H]1C[C@H]2c3cc(NC(=O)Nc4ccccc4F)ccc3O[C@H]2[C@@H](CO)O1. The number of nitrogens with one attached hydrogen (secondary N) is 3. The minimum atomic E-state index is -0.580. The Morgan fingerprint density at radius 2 is 2.03 bits per heavy atom. The van der Waals surface area contributed by atoms with Crippen molar-refractivity contribution < 1.29 is 33.3 Å². The summed E-state index contributed by atoms with van der Waals surface area (Å²) in [5.74, 6) is -0.162. The lowest BCUT2D eigenvalue weighted by molar-refractivity contribution is -0.142. The van der Waals surface area contributed by atoms with Gasteiger partial charge in [-0.05, 0) is 36.8 Å². The van der Waals surface area contributed by atoms with E-state index in [9.17, 15) is 19.1 Å².